The summed E-state index contributed by atoms with van der Waals surface area (Å²) in [7, 11) is 0. The maximum absolute atomic E-state index is 10.1. The summed E-state index contributed by atoms with van der Waals surface area (Å²) < 4.78 is 0.831. The Morgan fingerprint density at radius 2 is 1.86 bits per heavy atom. The van der Waals surface area contributed by atoms with Gasteiger partial charge in [-0.15, -0.1) is 0 Å². The van der Waals surface area contributed by atoms with E-state index in [4.69, 9.17) is 11.6 Å². The van der Waals surface area contributed by atoms with Gasteiger partial charge in [0.1, 0.15) is 0 Å². The van der Waals surface area contributed by atoms with Gasteiger partial charge in [0.25, 0.3) is 0 Å². The molecule has 0 aromatic heterocycles. The monoisotopic (exact) mass is 367 g/mol. The third kappa shape index (κ3) is 3.42. The molecule has 0 aliphatic carbocycles. The number of rotatable bonds is 5. The minimum absolute atomic E-state index is 0.00885. The number of anilines is 1. The Labute approximate surface area is 139 Å². The van der Waals surface area contributed by atoms with Crippen molar-refractivity contribution >= 4 is 33.2 Å². The molecule has 1 atom stereocenters. The number of benzene rings is 2. The molecular formula is C17H19BrClNO. The van der Waals surface area contributed by atoms with Gasteiger partial charge in [-0.1, -0.05) is 55.8 Å². The number of halogens is 2. The average molecular weight is 369 g/mol. The van der Waals surface area contributed by atoms with E-state index in [0.717, 1.165) is 15.7 Å². The lowest BCUT2D eigenvalue weighted by Crippen LogP contribution is -2.44. The molecule has 2 nitrogen and oxygen atoms in total. The molecule has 1 unspecified atom stereocenters. The standard InChI is InChI=1S/C17H19BrClNO/c1-12(2)17(11-21,13-6-4-3-5-7-13)20-14-8-9-16(19)15(18)10-14/h3-10,12,20-21H,11H2,1-2H3. The molecule has 0 aliphatic rings. The zero-order valence-corrected chi connectivity index (χ0v) is 14.4. The fourth-order valence-corrected chi connectivity index (χ4v) is 2.93. The molecule has 0 amide bonds. The van der Waals surface area contributed by atoms with Crippen LogP contribution in [0.25, 0.3) is 0 Å². The van der Waals surface area contributed by atoms with E-state index in [1.807, 2.05) is 48.5 Å². The Bertz CT molecular complexity index is 603. The molecule has 0 spiro atoms. The highest BCUT2D eigenvalue weighted by atomic mass is 79.9. The fraction of sp³-hybridized carbons (Fsp3) is 0.294. The Kier molecular flexibility index (Phi) is 5.31. The number of hydrogen-bond donors (Lipinski definition) is 2. The van der Waals surface area contributed by atoms with Crippen molar-refractivity contribution in [2.24, 2.45) is 5.92 Å². The van der Waals surface area contributed by atoms with Crippen LogP contribution in [0.15, 0.2) is 53.0 Å². The van der Waals surface area contributed by atoms with Gasteiger partial charge in [0, 0.05) is 10.2 Å². The third-order valence-electron chi connectivity index (χ3n) is 3.81. The van der Waals surface area contributed by atoms with Crippen molar-refractivity contribution in [2.45, 2.75) is 19.4 Å². The summed E-state index contributed by atoms with van der Waals surface area (Å²) in [5.41, 5.74) is 1.44. The second kappa shape index (κ2) is 6.82. The number of aliphatic hydroxyl groups is 1. The van der Waals surface area contributed by atoms with Gasteiger partial charge in [-0.25, -0.2) is 0 Å². The molecule has 0 bridgehead atoms. The van der Waals surface area contributed by atoms with E-state index in [1.165, 1.54) is 0 Å². The molecule has 0 saturated heterocycles. The molecule has 0 aliphatic heterocycles. The van der Waals surface area contributed by atoms with Gasteiger partial charge in [0.15, 0.2) is 0 Å². The highest BCUT2D eigenvalue weighted by Crippen LogP contribution is 2.35. The van der Waals surface area contributed by atoms with E-state index >= 15 is 0 Å². The van der Waals surface area contributed by atoms with Crippen LogP contribution >= 0.6 is 27.5 Å². The molecule has 2 rings (SSSR count). The number of hydrogen-bond acceptors (Lipinski definition) is 2. The molecule has 0 radical (unpaired) electrons. The topological polar surface area (TPSA) is 32.3 Å². The van der Waals surface area contributed by atoms with E-state index in [1.54, 1.807) is 0 Å². The first kappa shape index (κ1) is 16.3. The quantitative estimate of drug-likeness (QED) is 0.773. The molecule has 0 heterocycles. The minimum atomic E-state index is -0.533. The summed E-state index contributed by atoms with van der Waals surface area (Å²) in [4.78, 5) is 0. The smallest absolute Gasteiger partial charge is 0.0879 e. The van der Waals surface area contributed by atoms with E-state index in [-0.39, 0.29) is 12.5 Å². The van der Waals surface area contributed by atoms with Crippen molar-refractivity contribution in [1.29, 1.82) is 0 Å². The van der Waals surface area contributed by atoms with Crippen molar-refractivity contribution in [2.75, 3.05) is 11.9 Å². The predicted octanol–water partition coefficient (Wildman–Crippen LogP) is 5.06. The Balaban J connectivity index is 2.43. The van der Waals surface area contributed by atoms with E-state index in [9.17, 15) is 5.11 Å². The van der Waals surface area contributed by atoms with Crippen molar-refractivity contribution in [3.63, 3.8) is 0 Å². The summed E-state index contributed by atoms with van der Waals surface area (Å²) in [6, 6.07) is 15.7. The first-order valence-corrected chi connectivity index (χ1v) is 8.06. The molecule has 0 saturated carbocycles. The van der Waals surface area contributed by atoms with Crippen LogP contribution in [0.3, 0.4) is 0 Å². The first-order valence-electron chi connectivity index (χ1n) is 6.89. The van der Waals surface area contributed by atoms with Crippen LogP contribution in [0.1, 0.15) is 19.4 Å². The van der Waals surface area contributed by atoms with Crippen LogP contribution < -0.4 is 5.32 Å². The van der Waals surface area contributed by atoms with Crippen LogP contribution in [0.2, 0.25) is 5.02 Å². The fourth-order valence-electron chi connectivity index (χ4n) is 2.43. The Morgan fingerprint density at radius 1 is 1.19 bits per heavy atom. The summed E-state index contributed by atoms with van der Waals surface area (Å²) in [6.45, 7) is 4.21. The van der Waals surface area contributed by atoms with Crippen LogP contribution in [0.5, 0.6) is 0 Å². The first-order chi connectivity index (χ1) is 9.99. The molecule has 4 heteroatoms. The summed E-state index contributed by atoms with van der Waals surface area (Å²) in [5.74, 6) is 0.208. The molecule has 0 fully saturated rings. The lowest BCUT2D eigenvalue weighted by atomic mass is 9.80. The van der Waals surface area contributed by atoms with Gasteiger partial charge in [-0.05, 0) is 45.6 Å². The van der Waals surface area contributed by atoms with Gasteiger partial charge in [0.2, 0.25) is 0 Å². The van der Waals surface area contributed by atoms with E-state index in [0.29, 0.717) is 5.02 Å². The second-order valence-corrected chi connectivity index (χ2v) is 6.67. The molecule has 2 N–H and O–H groups in total. The Morgan fingerprint density at radius 3 is 2.38 bits per heavy atom. The van der Waals surface area contributed by atoms with Gasteiger partial charge in [-0.2, -0.15) is 0 Å². The minimum Gasteiger partial charge on any atom is -0.394 e. The second-order valence-electron chi connectivity index (χ2n) is 5.40. The maximum atomic E-state index is 10.1. The Hall–Kier alpha value is -1.03. The van der Waals surface area contributed by atoms with E-state index < -0.39 is 5.54 Å². The van der Waals surface area contributed by atoms with Crippen LogP contribution in [-0.2, 0) is 5.54 Å². The molecular weight excluding hydrogens is 350 g/mol. The van der Waals surface area contributed by atoms with Gasteiger partial charge in [-0.3, -0.25) is 0 Å². The largest absolute Gasteiger partial charge is 0.394 e. The van der Waals surface area contributed by atoms with E-state index in [2.05, 4.69) is 35.1 Å². The van der Waals surface area contributed by atoms with Crippen LogP contribution in [0.4, 0.5) is 5.69 Å². The highest BCUT2D eigenvalue weighted by molar-refractivity contribution is 9.10. The highest BCUT2D eigenvalue weighted by Gasteiger charge is 2.35. The summed E-state index contributed by atoms with van der Waals surface area (Å²) in [6.07, 6.45) is 0. The van der Waals surface area contributed by atoms with Crippen LogP contribution in [0, 0.1) is 5.92 Å². The number of nitrogens with one attached hydrogen (secondary N) is 1. The molecule has 21 heavy (non-hydrogen) atoms. The summed E-state index contributed by atoms with van der Waals surface area (Å²) in [5, 5.41) is 14.2. The average Bonchev–Trinajstić information content (AvgIpc) is 2.49. The maximum Gasteiger partial charge on any atom is 0.0879 e. The lowest BCUT2D eigenvalue weighted by molar-refractivity contribution is 0.172. The lowest BCUT2D eigenvalue weighted by Gasteiger charge is -2.38. The van der Waals surface area contributed by atoms with Crippen molar-refractivity contribution in [1.82, 2.24) is 0 Å². The third-order valence-corrected chi connectivity index (χ3v) is 5.02. The van der Waals surface area contributed by atoms with Crippen molar-refractivity contribution in [3.05, 3.63) is 63.6 Å². The zero-order chi connectivity index (χ0) is 15.5. The predicted molar refractivity (Wildman–Crippen MR) is 92.8 cm³/mol. The van der Waals surface area contributed by atoms with Gasteiger partial charge < -0.3 is 10.4 Å². The van der Waals surface area contributed by atoms with Crippen LogP contribution in [-0.4, -0.2) is 11.7 Å². The SMILES string of the molecule is CC(C)C(CO)(Nc1ccc(Cl)c(Br)c1)c1ccccc1. The van der Waals surface area contributed by atoms with Gasteiger partial charge >= 0.3 is 0 Å². The van der Waals surface area contributed by atoms with Crippen molar-refractivity contribution < 1.29 is 5.11 Å². The normalized spacial score (nSPS) is 14.0. The zero-order valence-electron chi connectivity index (χ0n) is 12.1. The molecule has 112 valence electrons. The molecule has 2 aromatic rings. The summed E-state index contributed by atoms with van der Waals surface area (Å²) >= 11 is 9.48. The number of aliphatic hydroxyl groups excluding tert-OH is 1. The van der Waals surface area contributed by atoms with Gasteiger partial charge in [0.05, 0.1) is 17.2 Å². The van der Waals surface area contributed by atoms with Crippen molar-refractivity contribution in [3.8, 4) is 0 Å². The molecule has 2 aromatic carbocycles.